The summed E-state index contributed by atoms with van der Waals surface area (Å²) in [5, 5.41) is 0. The van der Waals surface area contributed by atoms with Gasteiger partial charge in [-0.05, 0) is 60.3 Å². The maximum absolute atomic E-state index is 2.38. The smallest absolute Gasteiger partial charge is 0.0288 e. The SMILES string of the molecule is CC=C(C)CCC=C(C)CCC=C(C)C. The lowest BCUT2D eigenvalue weighted by Crippen LogP contribution is -1.80. The first-order chi connectivity index (χ1) is 7.06. The van der Waals surface area contributed by atoms with Crippen molar-refractivity contribution in [1.82, 2.24) is 0 Å². The van der Waals surface area contributed by atoms with Gasteiger partial charge in [-0.15, -0.1) is 0 Å². The monoisotopic (exact) mass is 206 g/mol. The van der Waals surface area contributed by atoms with Gasteiger partial charge in [0.1, 0.15) is 0 Å². The van der Waals surface area contributed by atoms with Crippen LogP contribution in [0.2, 0.25) is 0 Å². The van der Waals surface area contributed by atoms with Crippen LogP contribution in [-0.4, -0.2) is 0 Å². The third-order valence-electron chi connectivity index (χ3n) is 2.62. The average molecular weight is 206 g/mol. The third-order valence-corrected chi connectivity index (χ3v) is 2.62. The highest BCUT2D eigenvalue weighted by Crippen LogP contribution is 2.10. The largest absolute Gasteiger partial charge is 0.0887 e. The summed E-state index contributed by atoms with van der Waals surface area (Å²) in [5.74, 6) is 0. The summed E-state index contributed by atoms with van der Waals surface area (Å²) in [6, 6.07) is 0. The fourth-order valence-corrected chi connectivity index (χ4v) is 1.38. The van der Waals surface area contributed by atoms with Gasteiger partial charge in [0, 0.05) is 0 Å². The molecule has 0 bridgehead atoms. The first-order valence-electron chi connectivity index (χ1n) is 5.97. The molecule has 0 aliphatic carbocycles. The molecule has 0 heteroatoms. The van der Waals surface area contributed by atoms with Crippen LogP contribution in [0.1, 0.15) is 60.3 Å². The van der Waals surface area contributed by atoms with Crippen molar-refractivity contribution in [2.75, 3.05) is 0 Å². The molecule has 0 radical (unpaired) electrons. The average Bonchev–Trinajstić information content (AvgIpc) is 2.17. The zero-order valence-corrected chi connectivity index (χ0v) is 11.1. The second-order valence-corrected chi connectivity index (χ2v) is 4.54. The van der Waals surface area contributed by atoms with E-state index in [0.717, 1.165) is 0 Å². The molecule has 0 rings (SSSR count). The number of hydrogen-bond donors (Lipinski definition) is 0. The van der Waals surface area contributed by atoms with Gasteiger partial charge in [0.15, 0.2) is 0 Å². The minimum atomic E-state index is 1.19. The van der Waals surface area contributed by atoms with Gasteiger partial charge in [-0.25, -0.2) is 0 Å². The quantitative estimate of drug-likeness (QED) is 0.509. The van der Waals surface area contributed by atoms with E-state index < -0.39 is 0 Å². The highest BCUT2D eigenvalue weighted by atomic mass is 14.0. The Morgan fingerprint density at radius 2 is 1.33 bits per heavy atom. The standard InChI is InChI=1S/C15H26/c1-6-14(4)10-8-12-15(5)11-7-9-13(2)3/h6,9,12H,7-8,10-11H2,1-5H3. The molecule has 86 valence electrons. The molecule has 0 aliphatic rings. The van der Waals surface area contributed by atoms with Crippen LogP contribution in [0.25, 0.3) is 0 Å². The summed E-state index contributed by atoms with van der Waals surface area (Å²) >= 11 is 0. The zero-order chi connectivity index (χ0) is 11.7. The molecule has 0 spiro atoms. The van der Waals surface area contributed by atoms with Gasteiger partial charge in [-0.1, -0.05) is 34.9 Å². The lowest BCUT2D eigenvalue weighted by Gasteiger charge is -2.00. The molecular formula is C15H26. The van der Waals surface area contributed by atoms with Crippen LogP contribution < -0.4 is 0 Å². The predicted molar refractivity (Wildman–Crippen MR) is 71.1 cm³/mol. The van der Waals surface area contributed by atoms with E-state index in [1.165, 1.54) is 42.4 Å². The van der Waals surface area contributed by atoms with Gasteiger partial charge >= 0.3 is 0 Å². The molecule has 0 aliphatic heterocycles. The van der Waals surface area contributed by atoms with Gasteiger partial charge in [0.05, 0.1) is 0 Å². The lowest BCUT2D eigenvalue weighted by atomic mass is 10.1. The highest BCUT2D eigenvalue weighted by molar-refractivity contribution is 5.04. The first kappa shape index (κ1) is 14.2. The summed E-state index contributed by atoms with van der Waals surface area (Å²) in [4.78, 5) is 0. The van der Waals surface area contributed by atoms with Crippen molar-refractivity contribution < 1.29 is 0 Å². The van der Waals surface area contributed by atoms with Gasteiger partial charge in [0.2, 0.25) is 0 Å². The molecule has 0 nitrogen and oxygen atoms in total. The number of allylic oxidation sites excluding steroid dienone is 6. The summed E-state index contributed by atoms with van der Waals surface area (Å²) < 4.78 is 0. The van der Waals surface area contributed by atoms with Crippen molar-refractivity contribution >= 4 is 0 Å². The summed E-state index contributed by atoms with van der Waals surface area (Å²) in [6.45, 7) is 10.9. The van der Waals surface area contributed by atoms with Crippen LogP contribution in [0.15, 0.2) is 34.9 Å². The molecule has 0 N–H and O–H groups in total. The molecule has 0 aromatic heterocycles. The van der Waals surface area contributed by atoms with Crippen molar-refractivity contribution in [1.29, 1.82) is 0 Å². The minimum Gasteiger partial charge on any atom is -0.0887 e. The predicted octanol–water partition coefficient (Wildman–Crippen LogP) is 5.43. The van der Waals surface area contributed by atoms with Crippen LogP contribution in [0, 0.1) is 0 Å². The molecule has 0 amide bonds. The Morgan fingerprint density at radius 3 is 1.87 bits per heavy atom. The van der Waals surface area contributed by atoms with Crippen LogP contribution in [-0.2, 0) is 0 Å². The van der Waals surface area contributed by atoms with E-state index >= 15 is 0 Å². The molecule has 0 unspecified atom stereocenters. The van der Waals surface area contributed by atoms with Gasteiger partial charge in [-0.2, -0.15) is 0 Å². The minimum absolute atomic E-state index is 1.19. The fraction of sp³-hybridized carbons (Fsp3) is 0.600. The van der Waals surface area contributed by atoms with Crippen LogP contribution >= 0.6 is 0 Å². The number of hydrogen-bond acceptors (Lipinski definition) is 0. The Labute approximate surface area is 95.8 Å². The molecule has 15 heavy (non-hydrogen) atoms. The molecule has 0 saturated heterocycles. The Morgan fingerprint density at radius 1 is 0.800 bits per heavy atom. The lowest BCUT2D eigenvalue weighted by molar-refractivity contribution is 0.917. The van der Waals surface area contributed by atoms with Gasteiger partial charge in [-0.3, -0.25) is 0 Å². The Hall–Kier alpha value is -0.780. The van der Waals surface area contributed by atoms with E-state index in [1.807, 2.05) is 0 Å². The van der Waals surface area contributed by atoms with Crippen LogP contribution in [0.3, 0.4) is 0 Å². The van der Waals surface area contributed by atoms with Crippen molar-refractivity contribution in [3.05, 3.63) is 34.9 Å². The van der Waals surface area contributed by atoms with E-state index in [4.69, 9.17) is 0 Å². The Kier molecular flexibility index (Phi) is 8.08. The number of rotatable bonds is 6. The molecule has 0 saturated carbocycles. The van der Waals surface area contributed by atoms with Crippen molar-refractivity contribution in [3.63, 3.8) is 0 Å². The highest BCUT2D eigenvalue weighted by Gasteiger charge is 1.90. The van der Waals surface area contributed by atoms with Crippen molar-refractivity contribution in [3.8, 4) is 0 Å². The third kappa shape index (κ3) is 9.52. The van der Waals surface area contributed by atoms with E-state index in [2.05, 4.69) is 52.8 Å². The summed E-state index contributed by atoms with van der Waals surface area (Å²) in [5.41, 5.74) is 4.44. The summed E-state index contributed by atoms with van der Waals surface area (Å²) in [7, 11) is 0. The second kappa shape index (κ2) is 8.52. The Bertz CT molecular complexity index is 247. The summed E-state index contributed by atoms with van der Waals surface area (Å²) in [6.07, 6.45) is 11.7. The van der Waals surface area contributed by atoms with E-state index in [9.17, 15) is 0 Å². The first-order valence-corrected chi connectivity index (χ1v) is 5.97. The topological polar surface area (TPSA) is 0 Å². The van der Waals surface area contributed by atoms with Gasteiger partial charge < -0.3 is 0 Å². The van der Waals surface area contributed by atoms with E-state index in [1.54, 1.807) is 0 Å². The van der Waals surface area contributed by atoms with Crippen LogP contribution in [0.5, 0.6) is 0 Å². The van der Waals surface area contributed by atoms with E-state index in [0.29, 0.717) is 0 Å². The molecule has 0 heterocycles. The molecule has 0 atom stereocenters. The molecule has 0 fully saturated rings. The zero-order valence-electron chi connectivity index (χ0n) is 11.1. The Balaban J connectivity index is 3.75. The normalized spacial score (nSPS) is 12.9. The fourth-order valence-electron chi connectivity index (χ4n) is 1.38. The molecular weight excluding hydrogens is 180 g/mol. The van der Waals surface area contributed by atoms with Crippen LogP contribution in [0.4, 0.5) is 0 Å². The van der Waals surface area contributed by atoms with Crippen molar-refractivity contribution in [2.45, 2.75) is 60.3 Å². The maximum Gasteiger partial charge on any atom is -0.0288 e. The molecule has 0 aromatic carbocycles. The van der Waals surface area contributed by atoms with Gasteiger partial charge in [0.25, 0.3) is 0 Å². The maximum atomic E-state index is 2.38. The van der Waals surface area contributed by atoms with E-state index in [-0.39, 0.29) is 0 Å². The molecule has 0 aromatic rings. The van der Waals surface area contributed by atoms with Crippen molar-refractivity contribution in [2.24, 2.45) is 0 Å². The second-order valence-electron chi connectivity index (χ2n) is 4.54.